The third kappa shape index (κ3) is 4.90. The summed E-state index contributed by atoms with van der Waals surface area (Å²) in [6.07, 6.45) is 0. The molecule has 8 aromatic carbocycles. The summed E-state index contributed by atoms with van der Waals surface area (Å²) < 4.78 is 19.3. The van der Waals surface area contributed by atoms with Crippen molar-refractivity contribution in [1.29, 1.82) is 0 Å². The quantitative estimate of drug-likeness (QED) is 0.173. The van der Waals surface area contributed by atoms with Crippen molar-refractivity contribution in [1.82, 2.24) is 4.98 Å². The zero-order valence-corrected chi connectivity index (χ0v) is 28.9. The molecule has 0 atom stereocenters. The zero-order chi connectivity index (χ0) is 35.6. The molecule has 0 aliphatic rings. The lowest BCUT2D eigenvalue weighted by Gasteiger charge is -2.26. The van der Waals surface area contributed by atoms with Crippen LogP contribution in [0.4, 0.5) is 17.1 Å². The predicted molar refractivity (Wildman–Crippen MR) is 220 cm³/mol. The lowest BCUT2D eigenvalue weighted by molar-refractivity contribution is 0.622. The fourth-order valence-corrected chi connectivity index (χ4v) is 7.77. The van der Waals surface area contributed by atoms with E-state index in [1.807, 2.05) is 66.7 Å². The molecule has 5 heteroatoms. The van der Waals surface area contributed by atoms with Crippen LogP contribution in [-0.4, -0.2) is 4.98 Å². The molecule has 0 aliphatic carbocycles. The summed E-state index contributed by atoms with van der Waals surface area (Å²) in [7, 11) is 0. The Morgan fingerprint density at radius 1 is 0.370 bits per heavy atom. The molecule has 0 spiro atoms. The van der Waals surface area contributed by atoms with Gasteiger partial charge in [0.15, 0.2) is 5.58 Å². The lowest BCUT2D eigenvalue weighted by Crippen LogP contribution is -2.09. The molecule has 3 aromatic heterocycles. The first-order valence-electron chi connectivity index (χ1n) is 18.0. The Balaban J connectivity index is 1.09. The normalized spacial score (nSPS) is 11.7. The van der Waals surface area contributed by atoms with E-state index in [1.165, 1.54) is 16.7 Å². The Kier molecular flexibility index (Phi) is 6.79. The van der Waals surface area contributed by atoms with Gasteiger partial charge in [-0.1, -0.05) is 103 Å². The van der Waals surface area contributed by atoms with Crippen LogP contribution in [0.1, 0.15) is 0 Å². The summed E-state index contributed by atoms with van der Waals surface area (Å²) in [6, 6.07) is 62.8. The molecule has 0 radical (unpaired) electrons. The molecule has 254 valence electrons. The average Bonchev–Trinajstić information content (AvgIpc) is 3.95. The third-order valence-electron chi connectivity index (χ3n) is 10.3. The van der Waals surface area contributed by atoms with Crippen LogP contribution in [0, 0.1) is 0 Å². The van der Waals surface area contributed by atoms with Gasteiger partial charge in [0.1, 0.15) is 27.8 Å². The topological polar surface area (TPSA) is 55.6 Å². The number of nitrogens with zero attached hydrogens (tertiary/aromatic N) is 2. The SMILES string of the molecule is c1ccc(-c2nc3ccc4oc5ccc(N(c6ccc(-c7ccccc7-c7ccccc7)cc6)c6ccc7c(c6)oc6ccccc67)cc5c4c3o2)cc1. The second-order valence-electron chi connectivity index (χ2n) is 13.5. The molecule has 0 N–H and O–H groups in total. The predicted octanol–water partition coefficient (Wildman–Crippen LogP) is 14.1. The number of fused-ring (bicyclic) bond motifs is 8. The number of benzene rings is 8. The van der Waals surface area contributed by atoms with E-state index in [2.05, 4.69) is 120 Å². The van der Waals surface area contributed by atoms with Crippen LogP contribution >= 0.6 is 0 Å². The lowest BCUT2D eigenvalue weighted by atomic mass is 9.94. The van der Waals surface area contributed by atoms with Crippen LogP contribution in [0.2, 0.25) is 0 Å². The number of furan rings is 2. The van der Waals surface area contributed by atoms with E-state index < -0.39 is 0 Å². The van der Waals surface area contributed by atoms with Crippen molar-refractivity contribution < 1.29 is 13.3 Å². The first kappa shape index (κ1) is 30.3. The van der Waals surface area contributed by atoms with Gasteiger partial charge in [-0.15, -0.1) is 0 Å². The van der Waals surface area contributed by atoms with Crippen LogP contribution in [0.25, 0.3) is 88.7 Å². The highest BCUT2D eigenvalue weighted by molar-refractivity contribution is 6.17. The number of hydrogen-bond acceptors (Lipinski definition) is 5. The van der Waals surface area contributed by atoms with Crippen molar-refractivity contribution in [3.8, 4) is 33.7 Å². The number of hydrogen-bond donors (Lipinski definition) is 0. The van der Waals surface area contributed by atoms with E-state index in [1.54, 1.807) is 0 Å². The van der Waals surface area contributed by atoms with Gasteiger partial charge in [-0.2, -0.15) is 0 Å². The Bertz CT molecular complexity index is 3160. The summed E-state index contributed by atoms with van der Waals surface area (Å²) in [5.41, 5.74) is 13.3. The molecule has 11 aromatic rings. The van der Waals surface area contributed by atoms with Gasteiger partial charge in [0.05, 0.1) is 5.39 Å². The second-order valence-corrected chi connectivity index (χ2v) is 13.5. The molecule has 5 nitrogen and oxygen atoms in total. The standard InChI is InChI=1S/C49H30N2O3/c1-3-11-31(12-4-1)37-15-7-8-16-38(37)32-19-21-34(22-20-32)51(36-23-25-40-39-17-9-10-18-43(39)53-46(40)30-36)35-24-27-44-41(29-35)47-45(52-44)28-26-42-48(47)54-49(50-42)33-13-5-2-6-14-33/h1-30H. The second kappa shape index (κ2) is 12.1. The van der Waals surface area contributed by atoms with Gasteiger partial charge in [-0.05, 0) is 95.1 Å². The highest BCUT2D eigenvalue weighted by atomic mass is 16.4. The van der Waals surface area contributed by atoms with Gasteiger partial charge < -0.3 is 18.2 Å². The molecule has 0 unspecified atom stereocenters. The van der Waals surface area contributed by atoms with Crippen LogP contribution in [0.3, 0.4) is 0 Å². The van der Waals surface area contributed by atoms with Crippen molar-refractivity contribution in [2.24, 2.45) is 0 Å². The van der Waals surface area contributed by atoms with Crippen LogP contribution in [-0.2, 0) is 0 Å². The molecular weight excluding hydrogens is 665 g/mol. The number of rotatable bonds is 6. The number of anilines is 3. The molecule has 0 amide bonds. The molecule has 0 bridgehead atoms. The molecule has 0 fully saturated rings. The maximum absolute atomic E-state index is 6.48. The van der Waals surface area contributed by atoms with Crippen LogP contribution in [0.15, 0.2) is 195 Å². The van der Waals surface area contributed by atoms with Crippen molar-refractivity contribution in [2.45, 2.75) is 0 Å². The van der Waals surface area contributed by atoms with Gasteiger partial charge in [-0.3, -0.25) is 0 Å². The van der Waals surface area contributed by atoms with Crippen LogP contribution in [0.5, 0.6) is 0 Å². The maximum atomic E-state index is 6.48. The van der Waals surface area contributed by atoms with Crippen molar-refractivity contribution in [3.05, 3.63) is 182 Å². The summed E-state index contributed by atoms with van der Waals surface area (Å²) in [4.78, 5) is 7.12. The summed E-state index contributed by atoms with van der Waals surface area (Å²) in [5, 5.41) is 4.04. The largest absolute Gasteiger partial charge is 0.456 e. The van der Waals surface area contributed by atoms with Crippen molar-refractivity contribution in [3.63, 3.8) is 0 Å². The summed E-state index contributed by atoms with van der Waals surface area (Å²) in [5.74, 6) is 0.582. The minimum Gasteiger partial charge on any atom is -0.456 e. The van der Waals surface area contributed by atoms with Crippen LogP contribution < -0.4 is 4.90 Å². The van der Waals surface area contributed by atoms with Gasteiger partial charge in [0.2, 0.25) is 5.89 Å². The Morgan fingerprint density at radius 2 is 0.944 bits per heavy atom. The first-order chi connectivity index (χ1) is 26.7. The molecular formula is C49H30N2O3. The highest BCUT2D eigenvalue weighted by Gasteiger charge is 2.21. The van der Waals surface area contributed by atoms with E-state index in [0.717, 1.165) is 77.6 Å². The maximum Gasteiger partial charge on any atom is 0.227 e. The first-order valence-corrected chi connectivity index (χ1v) is 18.0. The number of aromatic nitrogens is 1. The number of oxazole rings is 1. The minimum absolute atomic E-state index is 0.582. The van der Waals surface area contributed by atoms with E-state index in [9.17, 15) is 0 Å². The van der Waals surface area contributed by atoms with Crippen molar-refractivity contribution in [2.75, 3.05) is 4.90 Å². The van der Waals surface area contributed by atoms with E-state index in [0.29, 0.717) is 11.5 Å². The monoisotopic (exact) mass is 694 g/mol. The van der Waals surface area contributed by atoms with E-state index in [-0.39, 0.29) is 0 Å². The number of para-hydroxylation sites is 1. The van der Waals surface area contributed by atoms with Crippen molar-refractivity contribution >= 4 is 72.0 Å². The van der Waals surface area contributed by atoms with Gasteiger partial charge in [0, 0.05) is 44.9 Å². The van der Waals surface area contributed by atoms with E-state index >= 15 is 0 Å². The molecule has 0 aliphatic heterocycles. The fourth-order valence-electron chi connectivity index (χ4n) is 7.77. The minimum atomic E-state index is 0.582. The Labute approximate surface area is 309 Å². The van der Waals surface area contributed by atoms with Gasteiger partial charge in [0.25, 0.3) is 0 Å². The molecule has 0 saturated heterocycles. The summed E-state index contributed by atoms with van der Waals surface area (Å²) >= 11 is 0. The Morgan fingerprint density at radius 3 is 1.74 bits per heavy atom. The molecule has 11 rings (SSSR count). The van der Waals surface area contributed by atoms with E-state index in [4.69, 9.17) is 18.2 Å². The molecule has 0 saturated carbocycles. The average molecular weight is 695 g/mol. The van der Waals surface area contributed by atoms with Gasteiger partial charge >= 0.3 is 0 Å². The Hall–Kier alpha value is -7.37. The smallest absolute Gasteiger partial charge is 0.227 e. The highest BCUT2D eigenvalue weighted by Crippen LogP contribution is 2.43. The fraction of sp³-hybridized carbons (Fsp3) is 0. The molecule has 3 heterocycles. The van der Waals surface area contributed by atoms with Gasteiger partial charge in [-0.25, -0.2) is 4.98 Å². The zero-order valence-electron chi connectivity index (χ0n) is 28.9. The third-order valence-corrected chi connectivity index (χ3v) is 10.3. The molecule has 54 heavy (non-hydrogen) atoms. The summed E-state index contributed by atoms with van der Waals surface area (Å²) in [6.45, 7) is 0.